The molecule has 174 valence electrons. The zero-order valence-electron chi connectivity index (χ0n) is 18.6. The molecule has 0 bridgehead atoms. The molecule has 0 unspecified atom stereocenters. The third-order valence-corrected chi connectivity index (χ3v) is 5.88. The normalized spacial score (nSPS) is 11.0. The van der Waals surface area contributed by atoms with Gasteiger partial charge in [0, 0.05) is 23.3 Å². The summed E-state index contributed by atoms with van der Waals surface area (Å²) in [5.41, 5.74) is 4.34. The summed E-state index contributed by atoms with van der Waals surface area (Å²) in [5.74, 6) is -2.14. The summed E-state index contributed by atoms with van der Waals surface area (Å²) in [6.45, 7) is 0.378. The highest BCUT2D eigenvalue weighted by Crippen LogP contribution is 2.35. The van der Waals surface area contributed by atoms with Gasteiger partial charge in [0.15, 0.2) is 11.6 Å². The van der Waals surface area contributed by atoms with Gasteiger partial charge in [0.1, 0.15) is 12.4 Å². The molecule has 0 aliphatic rings. The van der Waals surface area contributed by atoms with Crippen LogP contribution in [-0.2, 0) is 13.0 Å². The number of benzene rings is 4. The van der Waals surface area contributed by atoms with E-state index in [9.17, 15) is 18.7 Å². The summed E-state index contributed by atoms with van der Waals surface area (Å²) < 4.78 is 35.7. The number of rotatable bonds is 7. The van der Waals surface area contributed by atoms with Crippen LogP contribution < -0.4 is 4.74 Å². The van der Waals surface area contributed by atoms with Crippen LogP contribution in [0.2, 0.25) is 0 Å². The van der Waals surface area contributed by atoms with Crippen LogP contribution in [0.25, 0.3) is 16.6 Å². The number of ether oxygens (including phenoxy) is 1. The van der Waals surface area contributed by atoms with Crippen LogP contribution >= 0.6 is 0 Å². The topological polar surface area (TPSA) is 51.5 Å². The molecule has 6 heteroatoms. The van der Waals surface area contributed by atoms with Crippen LogP contribution in [-0.4, -0.2) is 15.6 Å². The lowest BCUT2D eigenvalue weighted by Gasteiger charge is -2.10. The zero-order valence-corrected chi connectivity index (χ0v) is 18.6. The van der Waals surface area contributed by atoms with Crippen molar-refractivity contribution in [1.29, 1.82) is 0 Å². The van der Waals surface area contributed by atoms with Gasteiger partial charge in [0.05, 0.1) is 11.1 Å². The molecule has 0 amide bonds. The van der Waals surface area contributed by atoms with Crippen molar-refractivity contribution in [2.45, 2.75) is 13.0 Å². The van der Waals surface area contributed by atoms with E-state index in [4.69, 9.17) is 4.74 Å². The molecule has 5 aromatic rings. The summed E-state index contributed by atoms with van der Waals surface area (Å²) in [4.78, 5) is 11.2. The van der Waals surface area contributed by atoms with Gasteiger partial charge in [-0.25, -0.2) is 13.6 Å². The number of nitrogens with zero attached hydrogens (tertiary/aromatic N) is 1. The summed E-state index contributed by atoms with van der Waals surface area (Å²) >= 11 is 0. The molecule has 0 aliphatic carbocycles. The molecule has 0 saturated carbocycles. The van der Waals surface area contributed by atoms with E-state index < -0.39 is 17.6 Å². The van der Waals surface area contributed by atoms with Gasteiger partial charge >= 0.3 is 5.97 Å². The lowest BCUT2D eigenvalue weighted by molar-refractivity contribution is 0.0697. The van der Waals surface area contributed by atoms with Crippen molar-refractivity contribution < 1.29 is 23.4 Å². The van der Waals surface area contributed by atoms with Crippen molar-refractivity contribution in [3.8, 4) is 11.4 Å². The Morgan fingerprint density at radius 3 is 2.31 bits per heavy atom. The van der Waals surface area contributed by atoms with Gasteiger partial charge in [-0.05, 0) is 59.5 Å². The van der Waals surface area contributed by atoms with E-state index in [1.165, 1.54) is 6.07 Å². The third-order valence-electron chi connectivity index (χ3n) is 5.88. The molecule has 1 heterocycles. The van der Waals surface area contributed by atoms with Crippen LogP contribution in [0.4, 0.5) is 8.78 Å². The van der Waals surface area contributed by atoms with Crippen molar-refractivity contribution in [2.24, 2.45) is 0 Å². The fourth-order valence-electron chi connectivity index (χ4n) is 4.16. The van der Waals surface area contributed by atoms with Crippen LogP contribution in [0.3, 0.4) is 0 Å². The maximum Gasteiger partial charge on any atom is 0.335 e. The van der Waals surface area contributed by atoms with Gasteiger partial charge in [-0.1, -0.05) is 48.5 Å². The van der Waals surface area contributed by atoms with E-state index in [-0.39, 0.29) is 5.56 Å². The predicted molar refractivity (Wildman–Crippen MR) is 130 cm³/mol. The Kier molecular flexibility index (Phi) is 6.02. The first-order valence-electron chi connectivity index (χ1n) is 11.1. The van der Waals surface area contributed by atoms with Gasteiger partial charge in [-0.2, -0.15) is 0 Å². The standard InChI is InChI=1S/C29H21F2NO3/c30-24-14-13-23(16-25(24)31)32-17-22(15-19-9-11-21(12-10-19)29(33)34)28-26(32)7-4-8-27(28)35-18-20-5-2-1-3-6-20/h1-14,16-17H,15,18H2,(H,33,34). The summed E-state index contributed by atoms with van der Waals surface area (Å²) in [6.07, 6.45) is 2.39. The average Bonchev–Trinajstić information content (AvgIpc) is 3.24. The molecule has 4 aromatic carbocycles. The quantitative estimate of drug-likeness (QED) is 0.286. The number of fused-ring (bicyclic) bond motifs is 1. The first kappa shape index (κ1) is 22.3. The van der Waals surface area contributed by atoms with E-state index in [0.717, 1.165) is 39.7 Å². The number of carboxylic acid groups (broad SMARTS) is 1. The van der Waals surface area contributed by atoms with Crippen LogP contribution in [0, 0.1) is 11.6 Å². The first-order valence-corrected chi connectivity index (χ1v) is 11.1. The molecule has 5 rings (SSSR count). The van der Waals surface area contributed by atoms with E-state index in [1.54, 1.807) is 24.3 Å². The smallest absolute Gasteiger partial charge is 0.335 e. The molecule has 0 fully saturated rings. The number of aromatic nitrogens is 1. The summed E-state index contributed by atoms with van der Waals surface area (Å²) in [5, 5.41) is 10.0. The van der Waals surface area contributed by atoms with Gasteiger partial charge < -0.3 is 14.4 Å². The second-order valence-corrected chi connectivity index (χ2v) is 8.23. The Bertz CT molecular complexity index is 1510. The Hall–Kier alpha value is -4.45. The average molecular weight is 469 g/mol. The number of carbonyl (C=O) groups is 1. The van der Waals surface area contributed by atoms with Crippen molar-refractivity contribution in [2.75, 3.05) is 0 Å². The zero-order chi connectivity index (χ0) is 24.4. The largest absolute Gasteiger partial charge is 0.488 e. The molecule has 4 nitrogen and oxygen atoms in total. The Morgan fingerprint density at radius 1 is 0.829 bits per heavy atom. The van der Waals surface area contributed by atoms with Crippen LogP contribution in [0.15, 0.2) is 97.2 Å². The molecule has 0 spiro atoms. The van der Waals surface area contributed by atoms with Crippen molar-refractivity contribution in [3.63, 3.8) is 0 Å². The van der Waals surface area contributed by atoms with Crippen molar-refractivity contribution in [3.05, 3.63) is 131 Å². The highest BCUT2D eigenvalue weighted by molar-refractivity contribution is 5.92. The van der Waals surface area contributed by atoms with E-state index in [0.29, 0.717) is 24.5 Å². The molecule has 35 heavy (non-hydrogen) atoms. The second kappa shape index (κ2) is 9.43. The SMILES string of the molecule is O=C(O)c1ccc(Cc2cn(-c3ccc(F)c(F)c3)c3cccc(OCc4ccccc4)c23)cc1. The van der Waals surface area contributed by atoms with E-state index in [1.807, 2.05) is 59.3 Å². The van der Waals surface area contributed by atoms with Gasteiger partial charge in [0.2, 0.25) is 0 Å². The monoisotopic (exact) mass is 469 g/mol. The first-order chi connectivity index (χ1) is 17.0. The number of aromatic carboxylic acids is 1. The molecule has 0 radical (unpaired) electrons. The Labute approximate surface area is 200 Å². The fourth-order valence-corrected chi connectivity index (χ4v) is 4.16. The molecular formula is C29H21F2NO3. The number of hydrogen-bond acceptors (Lipinski definition) is 2. The minimum atomic E-state index is -0.983. The fraction of sp³-hybridized carbons (Fsp3) is 0.0690. The number of hydrogen-bond donors (Lipinski definition) is 1. The molecule has 0 saturated heterocycles. The maximum absolute atomic E-state index is 14.0. The summed E-state index contributed by atoms with van der Waals surface area (Å²) in [7, 11) is 0. The van der Waals surface area contributed by atoms with Crippen molar-refractivity contribution >= 4 is 16.9 Å². The van der Waals surface area contributed by atoms with Gasteiger partial charge in [0.25, 0.3) is 0 Å². The Balaban J connectivity index is 1.60. The number of halogens is 2. The lowest BCUT2D eigenvalue weighted by atomic mass is 10.0. The number of carboxylic acids is 1. The lowest BCUT2D eigenvalue weighted by Crippen LogP contribution is -1.97. The third kappa shape index (κ3) is 4.64. The molecule has 0 aliphatic heterocycles. The summed E-state index contributed by atoms with van der Waals surface area (Å²) in [6, 6.07) is 26.0. The minimum absolute atomic E-state index is 0.213. The van der Waals surface area contributed by atoms with Crippen LogP contribution in [0.5, 0.6) is 5.75 Å². The highest BCUT2D eigenvalue weighted by Gasteiger charge is 2.16. The predicted octanol–water partition coefficient (Wildman–Crippen LogP) is 6.78. The van der Waals surface area contributed by atoms with E-state index >= 15 is 0 Å². The highest BCUT2D eigenvalue weighted by atomic mass is 19.2. The van der Waals surface area contributed by atoms with Crippen molar-refractivity contribution in [1.82, 2.24) is 4.57 Å². The molecular weight excluding hydrogens is 448 g/mol. The molecule has 1 N–H and O–H groups in total. The minimum Gasteiger partial charge on any atom is -0.488 e. The maximum atomic E-state index is 14.0. The van der Waals surface area contributed by atoms with Gasteiger partial charge in [-0.15, -0.1) is 0 Å². The second-order valence-electron chi connectivity index (χ2n) is 8.23. The molecule has 0 atom stereocenters. The van der Waals surface area contributed by atoms with Gasteiger partial charge in [-0.3, -0.25) is 0 Å². The molecule has 1 aromatic heterocycles. The van der Waals surface area contributed by atoms with E-state index in [2.05, 4.69) is 0 Å². The van der Waals surface area contributed by atoms with Crippen LogP contribution in [0.1, 0.15) is 27.0 Å². The Morgan fingerprint density at radius 2 is 1.60 bits per heavy atom.